The Hall–Kier alpha value is -1.50. The van der Waals surface area contributed by atoms with Crippen LogP contribution >= 0.6 is 0 Å². The molecule has 0 fully saturated rings. The number of aryl methyl sites for hydroxylation is 1. The molecule has 0 saturated carbocycles. The number of nitrogens with zero attached hydrogens (tertiary/aromatic N) is 1. The predicted molar refractivity (Wildman–Crippen MR) is 70.6 cm³/mol. The first-order valence-corrected chi connectivity index (χ1v) is 6.07. The lowest BCUT2D eigenvalue weighted by Crippen LogP contribution is -1.95. The van der Waals surface area contributed by atoms with E-state index in [9.17, 15) is 0 Å². The van der Waals surface area contributed by atoms with Crippen molar-refractivity contribution in [3.63, 3.8) is 0 Å². The van der Waals surface area contributed by atoms with Crippen molar-refractivity contribution in [3.8, 4) is 0 Å². The van der Waals surface area contributed by atoms with Crippen molar-refractivity contribution < 1.29 is 0 Å². The Morgan fingerprint density at radius 3 is 2.88 bits per heavy atom. The summed E-state index contributed by atoms with van der Waals surface area (Å²) >= 11 is 0. The van der Waals surface area contributed by atoms with Crippen molar-refractivity contribution in [2.24, 2.45) is 0 Å². The van der Waals surface area contributed by atoms with Gasteiger partial charge in [-0.15, -0.1) is 0 Å². The van der Waals surface area contributed by atoms with Crippen LogP contribution in [0.1, 0.15) is 26.2 Å². The zero-order valence-corrected chi connectivity index (χ0v) is 9.89. The molecule has 1 nitrogen and oxygen atoms in total. The van der Waals surface area contributed by atoms with Gasteiger partial charge in [0.25, 0.3) is 0 Å². The van der Waals surface area contributed by atoms with E-state index in [0.29, 0.717) is 0 Å². The highest BCUT2D eigenvalue weighted by Gasteiger charge is 1.98. The molecule has 0 atom stereocenters. The van der Waals surface area contributed by atoms with E-state index in [2.05, 4.69) is 60.2 Å². The molecule has 0 saturated heterocycles. The van der Waals surface area contributed by atoms with E-state index in [1.54, 1.807) is 0 Å². The molecule has 84 valence electrons. The van der Waals surface area contributed by atoms with Crippen molar-refractivity contribution in [2.45, 2.75) is 32.7 Å². The van der Waals surface area contributed by atoms with Gasteiger partial charge in [0, 0.05) is 18.3 Å². The molecule has 0 radical (unpaired) electrons. The summed E-state index contributed by atoms with van der Waals surface area (Å²) in [5.41, 5.74) is 1.36. The minimum Gasteiger partial charge on any atom is -0.347 e. The summed E-state index contributed by atoms with van der Waals surface area (Å²) in [5.74, 6) is 0. The molecule has 1 aromatic heterocycles. The highest BCUT2D eigenvalue weighted by molar-refractivity contribution is 5.79. The summed E-state index contributed by atoms with van der Waals surface area (Å²) in [5, 5.41) is 1.34. The second kappa shape index (κ2) is 5.55. The SMILES string of the molecule is C/C=C/CCCCn1ccc2ccccc21. The second-order valence-corrected chi connectivity index (χ2v) is 4.13. The molecule has 2 aromatic rings. The quantitative estimate of drug-likeness (QED) is 0.513. The third-order valence-electron chi connectivity index (χ3n) is 2.94. The van der Waals surface area contributed by atoms with Crippen LogP contribution in [-0.4, -0.2) is 4.57 Å². The lowest BCUT2D eigenvalue weighted by molar-refractivity contribution is 0.629. The van der Waals surface area contributed by atoms with E-state index in [1.165, 1.54) is 30.2 Å². The van der Waals surface area contributed by atoms with Gasteiger partial charge >= 0.3 is 0 Å². The maximum atomic E-state index is 2.35. The normalized spacial score (nSPS) is 11.6. The van der Waals surface area contributed by atoms with Gasteiger partial charge in [0.2, 0.25) is 0 Å². The fraction of sp³-hybridized carbons (Fsp3) is 0.333. The molecular formula is C15H19N. The first-order valence-electron chi connectivity index (χ1n) is 6.07. The average Bonchev–Trinajstić information content (AvgIpc) is 2.73. The number of unbranched alkanes of at least 4 members (excludes halogenated alkanes) is 2. The molecule has 0 aliphatic rings. The number of allylic oxidation sites excluding steroid dienone is 2. The molecule has 0 bridgehead atoms. The lowest BCUT2D eigenvalue weighted by atomic mass is 10.2. The molecule has 0 N–H and O–H groups in total. The minimum absolute atomic E-state index is 1.13. The Labute approximate surface area is 97.4 Å². The zero-order valence-electron chi connectivity index (χ0n) is 9.89. The summed E-state index contributed by atoms with van der Waals surface area (Å²) < 4.78 is 2.35. The molecule has 16 heavy (non-hydrogen) atoms. The number of aromatic nitrogens is 1. The highest BCUT2D eigenvalue weighted by Crippen LogP contribution is 2.15. The highest BCUT2D eigenvalue weighted by atomic mass is 14.9. The number of fused-ring (bicyclic) bond motifs is 1. The zero-order chi connectivity index (χ0) is 11.2. The molecule has 1 heteroatoms. The van der Waals surface area contributed by atoms with Crippen LogP contribution in [0, 0.1) is 0 Å². The molecule has 1 aromatic carbocycles. The van der Waals surface area contributed by atoms with Crippen LogP contribution in [0.4, 0.5) is 0 Å². The maximum absolute atomic E-state index is 2.35. The molecule has 0 aliphatic carbocycles. The van der Waals surface area contributed by atoms with Crippen LogP contribution in [0.15, 0.2) is 48.7 Å². The standard InChI is InChI=1S/C15H19N/c1-2-3-4-5-8-12-16-13-11-14-9-6-7-10-15(14)16/h2-3,6-7,9-11,13H,4-5,8,12H2,1H3/b3-2+. The Morgan fingerprint density at radius 1 is 1.12 bits per heavy atom. The summed E-state index contributed by atoms with van der Waals surface area (Å²) in [6, 6.07) is 10.8. The van der Waals surface area contributed by atoms with Gasteiger partial charge in [0.15, 0.2) is 0 Å². The lowest BCUT2D eigenvalue weighted by Gasteiger charge is -2.04. The van der Waals surface area contributed by atoms with Gasteiger partial charge in [0.1, 0.15) is 0 Å². The van der Waals surface area contributed by atoms with E-state index in [-0.39, 0.29) is 0 Å². The van der Waals surface area contributed by atoms with Crippen molar-refractivity contribution in [1.82, 2.24) is 4.57 Å². The van der Waals surface area contributed by atoms with E-state index in [0.717, 1.165) is 6.54 Å². The Bertz CT molecular complexity index is 465. The van der Waals surface area contributed by atoms with Crippen molar-refractivity contribution in [2.75, 3.05) is 0 Å². The number of para-hydroxylation sites is 1. The van der Waals surface area contributed by atoms with Gasteiger partial charge in [0.05, 0.1) is 0 Å². The molecule has 0 unspecified atom stereocenters. The largest absolute Gasteiger partial charge is 0.347 e. The number of benzene rings is 1. The summed E-state index contributed by atoms with van der Waals surface area (Å²) in [6.45, 7) is 3.21. The number of rotatable bonds is 5. The molecule has 2 rings (SSSR count). The van der Waals surface area contributed by atoms with Crippen LogP contribution in [-0.2, 0) is 6.54 Å². The van der Waals surface area contributed by atoms with Crippen LogP contribution < -0.4 is 0 Å². The third-order valence-corrected chi connectivity index (χ3v) is 2.94. The monoisotopic (exact) mass is 213 g/mol. The Morgan fingerprint density at radius 2 is 2.00 bits per heavy atom. The van der Waals surface area contributed by atoms with E-state index in [1.807, 2.05) is 0 Å². The van der Waals surface area contributed by atoms with Gasteiger partial charge in [-0.05, 0) is 43.7 Å². The molecule has 0 aliphatic heterocycles. The van der Waals surface area contributed by atoms with E-state index in [4.69, 9.17) is 0 Å². The molecule has 0 amide bonds. The average molecular weight is 213 g/mol. The van der Waals surface area contributed by atoms with E-state index >= 15 is 0 Å². The fourth-order valence-corrected chi connectivity index (χ4v) is 2.05. The topological polar surface area (TPSA) is 4.93 Å². The predicted octanol–water partition coefficient (Wildman–Crippen LogP) is 4.39. The third kappa shape index (κ3) is 2.54. The minimum atomic E-state index is 1.13. The van der Waals surface area contributed by atoms with Gasteiger partial charge in [-0.3, -0.25) is 0 Å². The Balaban J connectivity index is 1.94. The van der Waals surface area contributed by atoms with Crippen LogP contribution in [0.3, 0.4) is 0 Å². The van der Waals surface area contributed by atoms with Gasteiger partial charge in [-0.25, -0.2) is 0 Å². The molecule has 1 heterocycles. The van der Waals surface area contributed by atoms with Crippen molar-refractivity contribution in [3.05, 3.63) is 48.7 Å². The first-order chi connectivity index (χ1) is 7.92. The maximum Gasteiger partial charge on any atom is 0.0480 e. The summed E-state index contributed by atoms with van der Waals surface area (Å²) in [7, 11) is 0. The molecule has 0 spiro atoms. The van der Waals surface area contributed by atoms with Gasteiger partial charge < -0.3 is 4.57 Å². The van der Waals surface area contributed by atoms with Gasteiger partial charge in [-0.1, -0.05) is 30.4 Å². The van der Waals surface area contributed by atoms with E-state index < -0.39 is 0 Å². The van der Waals surface area contributed by atoms with Gasteiger partial charge in [-0.2, -0.15) is 0 Å². The first kappa shape index (κ1) is 11.0. The smallest absolute Gasteiger partial charge is 0.0480 e. The second-order valence-electron chi connectivity index (χ2n) is 4.13. The van der Waals surface area contributed by atoms with Crippen LogP contribution in [0.25, 0.3) is 10.9 Å². The Kier molecular flexibility index (Phi) is 3.81. The van der Waals surface area contributed by atoms with Crippen molar-refractivity contribution >= 4 is 10.9 Å². The number of hydrogen-bond acceptors (Lipinski definition) is 0. The summed E-state index contributed by atoms with van der Waals surface area (Å²) in [6.07, 6.45) is 10.3. The van der Waals surface area contributed by atoms with Crippen LogP contribution in [0.2, 0.25) is 0 Å². The van der Waals surface area contributed by atoms with Crippen molar-refractivity contribution in [1.29, 1.82) is 0 Å². The fourth-order valence-electron chi connectivity index (χ4n) is 2.05. The number of hydrogen-bond donors (Lipinski definition) is 0. The molecular weight excluding hydrogens is 194 g/mol. The van der Waals surface area contributed by atoms with Crippen LogP contribution in [0.5, 0.6) is 0 Å². The summed E-state index contributed by atoms with van der Waals surface area (Å²) in [4.78, 5) is 0.